The van der Waals surface area contributed by atoms with E-state index in [1.54, 1.807) is 6.20 Å². The van der Waals surface area contributed by atoms with Crippen molar-refractivity contribution in [2.24, 2.45) is 0 Å². The number of benzene rings is 1. The molecule has 3 rings (SSSR count). The highest BCUT2D eigenvalue weighted by Gasteiger charge is 2.09. The fourth-order valence-electron chi connectivity index (χ4n) is 1.92. The first-order valence-corrected chi connectivity index (χ1v) is 7.03. The molecule has 0 saturated carbocycles. The van der Waals surface area contributed by atoms with Gasteiger partial charge >= 0.3 is 6.01 Å². The first kappa shape index (κ1) is 13.7. The van der Waals surface area contributed by atoms with Crippen LogP contribution in [0.2, 0.25) is 5.28 Å². The van der Waals surface area contributed by atoms with Gasteiger partial charge < -0.3 is 4.74 Å². The lowest BCUT2D eigenvalue weighted by Gasteiger charge is -2.06. The van der Waals surface area contributed by atoms with Crippen LogP contribution in [0.5, 0.6) is 6.01 Å². The Hall–Kier alpha value is -2.27. The smallest absolute Gasteiger partial charge is 0.321 e. The molecule has 0 unspecified atom stereocenters. The molecule has 5 nitrogen and oxygen atoms in total. The monoisotopic (exact) mass is 300 g/mol. The maximum atomic E-state index is 5.94. The molecule has 0 bridgehead atoms. The van der Waals surface area contributed by atoms with Crippen molar-refractivity contribution in [2.45, 2.75) is 13.3 Å². The minimum Gasteiger partial charge on any atom is -0.463 e. The van der Waals surface area contributed by atoms with Gasteiger partial charge in [-0.25, -0.2) is 0 Å². The third-order valence-corrected chi connectivity index (χ3v) is 3.06. The third-order valence-electron chi connectivity index (χ3n) is 2.89. The topological polar surface area (TPSA) is 60.8 Å². The summed E-state index contributed by atoms with van der Waals surface area (Å²) in [5, 5.41) is 1.18. The van der Waals surface area contributed by atoms with E-state index >= 15 is 0 Å². The molecule has 0 aliphatic heterocycles. The van der Waals surface area contributed by atoms with Crippen LogP contribution in [0.4, 0.5) is 0 Å². The summed E-state index contributed by atoms with van der Waals surface area (Å²) >= 11 is 5.94. The summed E-state index contributed by atoms with van der Waals surface area (Å²) in [4.78, 5) is 16.7. The van der Waals surface area contributed by atoms with Crippen molar-refractivity contribution in [3.05, 3.63) is 41.8 Å². The molecule has 3 aromatic rings. The average molecular weight is 301 g/mol. The minimum atomic E-state index is 0.118. The molecule has 0 fully saturated rings. The lowest BCUT2D eigenvalue weighted by atomic mass is 10.1. The molecule has 21 heavy (non-hydrogen) atoms. The fraction of sp³-hybridized carbons (Fsp3) is 0.200. The number of hydrogen-bond acceptors (Lipinski definition) is 5. The van der Waals surface area contributed by atoms with E-state index < -0.39 is 0 Å². The van der Waals surface area contributed by atoms with Crippen LogP contribution in [0.25, 0.3) is 22.3 Å². The van der Waals surface area contributed by atoms with E-state index in [0.717, 1.165) is 22.9 Å². The maximum absolute atomic E-state index is 5.94. The molecule has 1 aromatic carbocycles. The summed E-state index contributed by atoms with van der Waals surface area (Å²) in [6, 6.07) is 9.97. The Morgan fingerprint density at radius 2 is 2.05 bits per heavy atom. The van der Waals surface area contributed by atoms with Crippen molar-refractivity contribution >= 4 is 22.5 Å². The van der Waals surface area contributed by atoms with Gasteiger partial charge in [-0.2, -0.15) is 15.0 Å². The molecule has 106 valence electrons. The number of nitrogens with zero attached hydrogens (tertiary/aromatic N) is 4. The number of ether oxygens (including phenoxy) is 1. The van der Waals surface area contributed by atoms with Gasteiger partial charge in [-0.3, -0.25) is 4.98 Å². The van der Waals surface area contributed by atoms with Crippen molar-refractivity contribution in [3.63, 3.8) is 0 Å². The lowest BCUT2D eigenvalue weighted by molar-refractivity contribution is 0.291. The molecular formula is C15H13ClN4O. The van der Waals surface area contributed by atoms with Crippen LogP contribution in [0.1, 0.15) is 13.3 Å². The Morgan fingerprint density at radius 3 is 2.90 bits per heavy atom. The Labute approximate surface area is 127 Å². The predicted octanol–water partition coefficient (Wildman–Crippen LogP) is 3.53. The van der Waals surface area contributed by atoms with Crippen LogP contribution >= 0.6 is 11.6 Å². The second-order valence-electron chi connectivity index (χ2n) is 4.47. The van der Waals surface area contributed by atoms with Crippen molar-refractivity contribution in [1.82, 2.24) is 19.9 Å². The SMILES string of the molecule is CCCOc1nc(Cl)nc(-c2ccc3cccnc3c2)n1. The van der Waals surface area contributed by atoms with Gasteiger partial charge in [0.15, 0.2) is 5.82 Å². The summed E-state index contributed by atoms with van der Waals surface area (Å²) in [5.74, 6) is 0.480. The molecule has 0 spiro atoms. The first-order valence-electron chi connectivity index (χ1n) is 6.66. The highest BCUT2D eigenvalue weighted by atomic mass is 35.5. The quantitative estimate of drug-likeness (QED) is 0.737. The number of halogens is 1. The number of pyridine rings is 1. The Kier molecular flexibility index (Phi) is 3.92. The summed E-state index contributed by atoms with van der Waals surface area (Å²) in [5.41, 5.74) is 1.70. The van der Waals surface area contributed by atoms with Crippen LogP contribution in [-0.4, -0.2) is 26.5 Å². The van der Waals surface area contributed by atoms with E-state index in [-0.39, 0.29) is 11.3 Å². The van der Waals surface area contributed by atoms with Crippen molar-refractivity contribution in [1.29, 1.82) is 0 Å². The average Bonchev–Trinajstić information content (AvgIpc) is 2.52. The van der Waals surface area contributed by atoms with Gasteiger partial charge in [-0.15, -0.1) is 0 Å². The predicted molar refractivity (Wildman–Crippen MR) is 81.4 cm³/mol. The number of hydrogen-bond donors (Lipinski definition) is 0. The Bertz CT molecular complexity index is 778. The van der Waals surface area contributed by atoms with Crippen LogP contribution < -0.4 is 4.74 Å². The van der Waals surface area contributed by atoms with Gasteiger partial charge in [0.25, 0.3) is 0 Å². The highest BCUT2D eigenvalue weighted by molar-refractivity contribution is 6.28. The highest BCUT2D eigenvalue weighted by Crippen LogP contribution is 2.22. The van der Waals surface area contributed by atoms with Gasteiger partial charge in [0, 0.05) is 17.1 Å². The zero-order chi connectivity index (χ0) is 14.7. The second kappa shape index (κ2) is 6.01. The van der Waals surface area contributed by atoms with Crippen LogP contribution in [-0.2, 0) is 0 Å². The zero-order valence-electron chi connectivity index (χ0n) is 11.5. The summed E-state index contributed by atoms with van der Waals surface area (Å²) in [6.07, 6.45) is 2.63. The minimum absolute atomic E-state index is 0.118. The maximum Gasteiger partial charge on any atom is 0.321 e. The van der Waals surface area contributed by atoms with Crippen LogP contribution in [0.15, 0.2) is 36.5 Å². The van der Waals surface area contributed by atoms with E-state index in [1.807, 2.05) is 37.3 Å². The van der Waals surface area contributed by atoms with Crippen LogP contribution in [0.3, 0.4) is 0 Å². The Morgan fingerprint density at radius 1 is 1.14 bits per heavy atom. The molecule has 0 amide bonds. The summed E-state index contributed by atoms with van der Waals surface area (Å²) in [6.45, 7) is 2.55. The standard InChI is InChI=1S/C15H13ClN4O/c1-2-8-21-15-19-13(18-14(16)20-15)11-6-5-10-4-3-7-17-12(10)9-11/h3-7,9H,2,8H2,1H3. The second-order valence-corrected chi connectivity index (χ2v) is 4.81. The van der Waals surface area contributed by atoms with E-state index in [4.69, 9.17) is 16.3 Å². The third kappa shape index (κ3) is 3.08. The van der Waals surface area contributed by atoms with E-state index in [9.17, 15) is 0 Å². The number of fused-ring (bicyclic) bond motifs is 1. The summed E-state index contributed by atoms with van der Waals surface area (Å²) in [7, 11) is 0. The molecule has 0 aliphatic rings. The molecule has 6 heteroatoms. The largest absolute Gasteiger partial charge is 0.463 e. The fourth-order valence-corrected chi connectivity index (χ4v) is 2.08. The number of aromatic nitrogens is 4. The van der Waals surface area contributed by atoms with Gasteiger partial charge in [-0.1, -0.05) is 25.1 Å². The van der Waals surface area contributed by atoms with Gasteiger partial charge in [0.1, 0.15) is 0 Å². The number of rotatable bonds is 4. The van der Waals surface area contributed by atoms with E-state index in [1.165, 1.54) is 0 Å². The summed E-state index contributed by atoms with van der Waals surface area (Å²) < 4.78 is 5.42. The Balaban J connectivity index is 2.02. The lowest BCUT2D eigenvalue weighted by Crippen LogP contribution is -2.02. The first-order chi connectivity index (χ1) is 10.3. The molecule has 0 saturated heterocycles. The normalized spacial score (nSPS) is 10.8. The van der Waals surface area contributed by atoms with Crippen molar-refractivity contribution in [2.75, 3.05) is 6.61 Å². The van der Waals surface area contributed by atoms with Crippen LogP contribution in [0, 0.1) is 0 Å². The molecule has 2 heterocycles. The van der Waals surface area contributed by atoms with Crippen molar-refractivity contribution in [3.8, 4) is 17.4 Å². The van der Waals surface area contributed by atoms with Crippen molar-refractivity contribution < 1.29 is 4.74 Å². The molecular weight excluding hydrogens is 288 g/mol. The van der Waals surface area contributed by atoms with E-state index in [0.29, 0.717) is 12.4 Å². The van der Waals surface area contributed by atoms with E-state index in [2.05, 4.69) is 19.9 Å². The molecule has 0 atom stereocenters. The van der Waals surface area contributed by atoms with Gasteiger partial charge in [0.2, 0.25) is 5.28 Å². The molecule has 0 radical (unpaired) electrons. The molecule has 0 N–H and O–H groups in total. The molecule has 0 aliphatic carbocycles. The van der Waals surface area contributed by atoms with Gasteiger partial charge in [-0.05, 0) is 30.2 Å². The zero-order valence-corrected chi connectivity index (χ0v) is 12.2. The molecule has 2 aromatic heterocycles. The van der Waals surface area contributed by atoms with Gasteiger partial charge in [0.05, 0.1) is 12.1 Å².